The zero-order valence-corrected chi connectivity index (χ0v) is 27.4. The summed E-state index contributed by atoms with van der Waals surface area (Å²) in [5.41, 5.74) is 30.3. The Kier molecular flexibility index (Phi) is 13.7. The molecule has 10 heteroatoms. The highest BCUT2D eigenvalue weighted by atomic mass is 15.1. The normalized spacial score (nSPS) is 10.5. The Morgan fingerprint density at radius 3 is 1.28 bits per heavy atom. The molecule has 0 fully saturated rings. The highest BCUT2D eigenvalue weighted by Crippen LogP contribution is 2.14. The lowest BCUT2D eigenvalue weighted by atomic mass is 10.0. The fraction of sp³-hybridized carbons (Fsp3) is 0.297. The van der Waals surface area contributed by atoms with E-state index in [1.807, 2.05) is 38.1 Å². The summed E-state index contributed by atoms with van der Waals surface area (Å²) in [6.45, 7) is 10.1. The second-order valence-electron chi connectivity index (χ2n) is 11.9. The lowest BCUT2D eigenvalue weighted by Crippen LogP contribution is -2.48. The fourth-order valence-corrected chi connectivity index (χ4v) is 4.75. The molecule has 0 saturated heterocycles. The van der Waals surface area contributed by atoms with Crippen molar-refractivity contribution in [2.45, 2.75) is 45.2 Å². The second kappa shape index (κ2) is 17.9. The molecule has 3 aromatic carbocycles. The predicted molar refractivity (Wildman–Crippen MR) is 194 cm³/mol. The highest BCUT2D eigenvalue weighted by molar-refractivity contribution is 5.74. The highest BCUT2D eigenvalue weighted by Gasteiger charge is 2.09. The summed E-state index contributed by atoms with van der Waals surface area (Å²) < 4.78 is 0. The Bertz CT molecular complexity index is 1620. The molecule has 14 N–H and O–H groups in total. The summed E-state index contributed by atoms with van der Waals surface area (Å²) in [5.74, 6) is 13.5. The molecule has 3 aromatic rings. The van der Waals surface area contributed by atoms with E-state index in [1.54, 1.807) is 0 Å². The number of nitrogens with two attached hydrogens (primary N) is 4. The smallest absolute Gasteiger partial charge is 0.185 e. The standard InChI is InChI=1S/C37H48N10/c1-26(38)44-16-12-31-20-29(21-32(24-31)13-17-45-35(39)40)10-8-27-4-6-28(7-5-27)9-11-30-22-33(14-18-46-36(41)42)25-34(23-30)15-19-47-37(2,3)43/h4-7,20-25,44,47H,1,12-19,38,43H2,2-3H3,(H4,39,40,45)(H4,41,42,46). The van der Waals surface area contributed by atoms with Crippen molar-refractivity contribution in [3.63, 3.8) is 0 Å². The minimum Gasteiger partial charge on any atom is -0.386 e. The zero-order valence-electron chi connectivity index (χ0n) is 27.4. The molecule has 0 heterocycles. The van der Waals surface area contributed by atoms with Gasteiger partial charge < -0.3 is 38.9 Å². The molecule has 0 spiro atoms. The number of benzene rings is 3. The van der Waals surface area contributed by atoms with Crippen molar-refractivity contribution >= 4 is 11.9 Å². The monoisotopic (exact) mass is 632 g/mol. The third kappa shape index (κ3) is 14.9. The molecule has 0 unspecified atom stereocenters. The van der Waals surface area contributed by atoms with Crippen LogP contribution in [-0.2, 0) is 25.7 Å². The first kappa shape index (κ1) is 36.1. The van der Waals surface area contributed by atoms with E-state index in [9.17, 15) is 0 Å². The van der Waals surface area contributed by atoms with Crippen molar-refractivity contribution in [3.05, 3.63) is 118 Å². The van der Waals surface area contributed by atoms with Gasteiger partial charge in [0.1, 0.15) is 0 Å². The molecular formula is C37H48N10. The van der Waals surface area contributed by atoms with Gasteiger partial charge >= 0.3 is 0 Å². The van der Waals surface area contributed by atoms with Gasteiger partial charge in [0.2, 0.25) is 0 Å². The van der Waals surface area contributed by atoms with Crippen molar-refractivity contribution in [3.8, 4) is 23.7 Å². The van der Waals surface area contributed by atoms with Crippen LogP contribution in [0, 0.1) is 34.5 Å². The summed E-state index contributed by atoms with van der Waals surface area (Å²) in [7, 11) is 0. The van der Waals surface area contributed by atoms with Crippen LogP contribution in [0.1, 0.15) is 58.4 Å². The molecule has 0 saturated carbocycles. The molecule has 0 bridgehead atoms. The number of guanidine groups is 2. The average molecular weight is 633 g/mol. The first-order valence-corrected chi connectivity index (χ1v) is 15.6. The minimum absolute atomic E-state index is 0.0385. The van der Waals surface area contributed by atoms with E-state index in [-0.39, 0.29) is 11.9 Å². The summed E-state index contributed by atoms with van der Waals surface area (Å²) in [6.07, 6.45) is 3.03. The van der Waals surface area contributed by atoms with Gasteiger partial charge in [-0.05, 0) is 110 Å². The van der Waals surface area contributed by atoms with Crippen LogP contribution in [-0.4, -0.2) is 43.8 Å². The van der Waals surface area contributed by atoms with Gasteiger partial charge in [-0.1, -0.05) is 42.4 Å². The Hall–Kier alpha value is -5.42. The third-order valence-corrected chi connectivity index (χ3v) is 6.91. The molecule has 0 aliphatic carbocycles. The fourth-order valence-electron chi connectivity index (χ4n) is 4.75. The summed E-state index contributed by atoms with van der Waals surface area (Å²) in [4.78, 5) is 0. The first-order valence-electron chi connectivity index (χ1n) is 15.6. The van der Waals surface area contributed by atoms with Gasteiger partial charge in [-0.15, -0.1) is 0 Å². The zero-order chi connectivity index (χ0) is 34.2. The van der Waals surface area contributed by atoms with Crippen LogP contribution in [0.5, 0.6) is 0 Å². The molecule has 0 amide bonds. The Morgan fingerprint density at radius 1 is 0.596 bits per heavy atom. The minimum atomic E-state index is -0.442. The molecule has 3 rings (SSSR count). The van der Waals surface area contributed by atoms with Crippen LogP contribution in [0.2, 0.25) is 0 Å². The van der Waals surface area contributed by atoms with Crippen molar-refractivity contribution in [2.75, 3.05) is 26.2 Å². The van der Waals surface area contributed by atoms with Crippen LogP contribution in [0.25, 0.3) is 0 Å². The number of hydrogen-bond acceptors (Lipinski definition) is 6. The van der Waals surface area contributed by atoms with Crippen LogP contribution >= 0.6 is 0 Å². The molecule has 47 heavy (non-hydrogen) atoms. The van der Waals surface area contributed by atoms with Gasteiger partial charge in [-0.25, -0.2) is 0 Å². The predicted octanol–water partition coefficient (Wildman–Crippen LogP) is 1.93. The molecule has 246 valence electrons. The molecule has 0 radical (unpaired) electrons. The summed E-state index contributed by atoms with van der Waals surface area (Å²) >= 11 is 0. The van der Waals surface area contributed by atoms with Crippen LogP contribution in [0.15, 0.2) is 73.1 Å². The van der Waals surface area contributed by atoms with Crippen molar-refractivity contribution in [1.29, 1.82) is 10.8 Å². The Morgan fingerprint density at radius 2 is 0.936 bits per heavy atom. The lowest BCUT2D eigenvalue weighted by molar-refractivity contribution is 0.407. The third-order valence-electron chi connectivity index (χ3n) is 6.91. The van der Waals surface area contributed by atoms with Crippen molar-refractivity contribution < 1.29 is 0 Å². The maximum Gasteiger partial charge on any atom is 0.185 e. The van der Waals surface area contributed by atoms with Crippen LogP contribution < -0.4 is 44.2 Å². The van der Waals surface area contributed by atoms with E-state index in [1.165, 1.54) is 5.56 Å². The van der Waals surface area contributed by atoms with Gasteiger partial charge in [0.25, 0.3) is 0 Å². The van der Waals surface area contributed by atoms with Crippen molar-refractivity contribution in [2.24, 2.45) is 22.9 Å². The van der Waals surface area contributed by atoms with Gasteiger partial charge in [-0.2, -0.15) is 0 Å². The van der Waals surface area contributed by atoms with E-state index in [2.05, 4.69) is 87.9 Å². The van der Waals surface area contributed by atoms with Gasteiger partial charge in [-0.3, -0.25) is 16.1 Å². The molecule has 0 aromatic heterocycles. The largest absolute Gasteiger partial charge is 0.386 e. The lowest BCUT2D eigenvalue weighted by Gasteiger charge is -2.20. The van der Waals surface area contributed by atoms with Crippen LogP contribution in [0.3, 0.4) is 0 Å². The Labute approximate surface area is 279 Å². The van der Waals surface area contributed by atoms with Crippen LogP contribution in [0.4, 0.5) is 0 Å². The maximum absolute atomic E-state index is 7.42. The van der Waals surface area contributed by atoms with Gasteiger partial charge in [0.15, 0.2) is 11.9 Å². The topological polar surface area (TPSA) is 200 Å². The number of nitrogens with one attached hydrogen (secondary N) is 6. The van der Waals surface area contributed by atoms with E-state index >= 15 is 0 Å². The SMILES string of the molecule is C=C(N)NCCc1cc(C#Cc2ccc(C#Cc3cc(CCNC(=N)N)cc(CCNC(C)(C)N)c3)cc2)cc(CCNC(=N)N)c1. The molecular weight excluding hydrogens is 584 g/mol. The Balaban J connectivity index is 1.76. The summed E-state index contributed by atoms with van der Waals surface area (Å²) in [6, 6.07) is 20.6. The van der Waals surface area contributed by atoms with E-state index in [4.69, 9.17) is 33.8 Å². The number of rotatable bonds is 14. The second-order valence-corrected chi connectivity index (χ2v) is 11.9. The molecule has 0 aliphatic rings. The quantitative estimate of drug-likeness (QED) is 0.0550. The van der Waals surface area contributed by atoms with E-state index in [0.717, 1.165) is 71.2 Å². The van der Waals surface area contributed by atoms with Gasteiger partial charge in [0.05, 0.1) is 11.5 Å². The number of hydrogen-bond donors (Lipinski definition) is 10. The molecule has 0 aliphatic heterocycles. The van der Waals surface area contributed by atoms with E-state index in [0.29, 0.717) is 25.5 Å². The molecule has 0 atom stereocenters. The van der Waals surface area contributed by atoms with E-state index < -0.39 is 5.66 Å². The van der Waals surface area contributed by atoms with Gasteiger partial charge in [0, 0.05) is 48.4 Å². The molecule has 10 nitrogen and oxygen atoms in total. The van der Waals surface area contributed by atoms with Crippen molar-refractivity contribution in [1.82, 2.24) is 21.3 Å². The average Bonchev–Trinajstić information content (AvgIpc) is 2.98. The maximum atomic E-state index is 7.42. The first-order chi connectivity index (χ1) is 22.3. The summed E-state index contributed by atoms with van der Waals surface area (Å²) in [5, 5.41) is 26.9.